The minimum Gasteiger partial charge on any atom is -0.477 e. The molecule has 0 fully saturated rings. The Labute approximate surface area is 399 Å². The molecule has 0 aliphatic carbocycles. The Kier molecular flexibility index (Phi) is 44.5. The van der Waals surface area contributed by atoms with Crippen LogP contribution in [0.2, 0.25) is 0 Å². The van der Waals surface area contributed by atoms with Gasteiger partial charge in [0.2, 0.25) is 0 Å². The van der Waals surface area contributed by atoms with Gasteiger partial charge in [-0.15, -0.1) is 0 Å². The molecule has 1 N–H and O–H groups in total. The van der Waals surface area contributed by atoms with Gasteiger partial charge in [0, 0.05) is 19.3 Å². The number of hydrogen-bond acceptors (Lipinski definition) is 6. The first-order chi connectivity index (χ1) is 31.6. The second kappa shape index (κ2) is 47.0. The molecule has 0 spiro atoms. The lowest BCUT2D eigenvalue weighted by molar-refractivity contribution is -0.887. The maximum atomic E-state index is 12.8. The Morgan fingerprint density at radius 3 is 1.37 bits per heavy atom. The highest BCUT2D eigenvalue weighted by atomic mass is 16.6. The van der Waals surface area contributed by atoms with E-state index in [0.29, 0.717) is 19.3 Å². The molecule has 0 aliphatic heterocycles. The Morgan fingerprint density at radius 2 is 0.908 bits per heavy atom. The van der Waals surface area contributed by atoms with Crippen molar-refractivity contribution in [1.82, 2.24) is 0 Å². The summed E-state index contributed by atoms with van der Waals surface area (Å²) < 4.78 is 17.3. The van der Waals surface area contributed by atoms with Crippen LogP contribution in [0.15, 0.2) is 85.1 Å². The molecule has 0 bridgehead atoms. The third kappa shape index (κ3) is 45.5. The zero-order valence-electron chi connectivity index (χ0n) is 42.4. The van der Waals surface area contributed by atoms with E-state index in [-0.39, 0.29) is 36.2 Å². The maximum absolute atomic E-state index is 12.8. The van der Waals surface area contributed by atoms with Crippen LogP contribution in [0.3, 0.4) is 0 Å². The smallest absolute Gasteiger partial charge is 0.362 e. The first kappa shape index (κ1) is 61.5. The molecule has 8 nitrogen and oxygen atoms in total. The summed E-state index contributed by atoms with van der Waals surface area (Å²) in [5.41, 5.74) is 0. The van der Waals surface area contributed by atoms with Gasteiger partial charge in [0.25, 0.3) is 0 Å². The Balaban J connectivity index is 4.31. The van der Waals surface area contributed by atoms with Crippen molar-refractivity contribution in [2.45, 2.75) is 219 Å². The molecule has 0 aromatic carbocycles. The highest BCUT2D eigenvalue weighted by Gasteiger charge is 2.31. The fourth-order valence-electron chi connectivity index (χ4n) is 7.29. The highest BCUT2D eigenvalue weighted by Crippen LogP contribution is 2.14. The number of carboxylic acids is 1. The van der Waals surface area contributed by atoms with Crippen molar-refractivity contribution in [3.05, 3.63) is 85.1 Å². The van der Waals surface area contributed by atoms with Gasteiger partial charge in [-0.05, 0) is 83.5 Å². The monoisotopic (exact) mass is 909 g/mol. The first-order valence-electron chi connectivity index (χ1n) is 26.1. The number of hydrogen-bond donors (Lipinski definition) is 1. The summed E-state index contributed by atoms with van der Waals surface area (Å²) in [4.78, 5) is 37.2. The van der Waals surface area contributed by atoms with Crippen LogP contribution in [0.4, 0.5) is 0 Å². The van der Waals surface area contributed by atoms with E-state index in [1.807, 2.05) is 21.1 Å². The SMILES string of the molecule is CC/C=C/C/C=C/C/C=C/C/C=C/C/C=C/CCCCCCCCCC(=O)OC(COCCC(C(=O)O)[N+](C)(C)C)COC(=O)CCCCCCC/C=C/C=C/CCCCCCCCC. The minimum absolute atomic E-state index is 0.0472. The topological polar surface area (TPSA) is 99.1 Å². The van der Waals surface area contributed by atoms with Gasteiger partial charge < -0.3 is 23.8 Å². The molecular formula is C57H98NO7+. The maximum Gasteiger partial charge on any atom is 0.362 e. The van der Waals surface area contributed by atoms with Crippen LogP contribution >= 0.6 is 0 Å². The van der Waals surface area contributed by atoms with Gasteiger partial charge in [-0.2, -0.15) is 0 Å². The van der Waals surface area contributed by atoms with E-state index in [1.165, 1.54) is 70.6 Å². The van der Waals surface area contributed by atoms with E-state index >= 15 is 0 Å². The third-order valence-electron chi connectivity index (χ3n) is 11.3. The molecule has 0 aliphatic rings. The quantitative estimate of drug-likeness (QED) is 0.0213. The summed E-state index contributed by atoms with van der Waals surface area (Å²) in [5.74, 6) is -1.50. The lowest BCUT2D eigenvalue weighted by atomic mass is 10.1. The number of aliphatic carboxylic acids is 1. The molecule has 0 heterocycles. The Hall–Kier alpha value is -3.49. The molecule has 0 amide bonds. The average Bonchev–Trinajstić information content (AvgIpc) is 3.27. The zero-order chi connectivity index (χ0) is 47.7. The van der Waals surface area contributed by atoms with Crippen LogP contribution in [-0.2, 0) is 28.6 Å². The second-order valence-electron chi connectivity index (χ2n) is 18.4. The predicted octanol–water partition coefficient (Wildman–Crippen LogP) is 15.3. The molecule has 372 valence electrons. The van der Waals surface area contributed by atoms with Crippen molar-refractivity contribution in [1.29, 1.82) is 0 Å². The average molecular weight is 909 g/mol. The zero-order valence-corrected chi connectivity index (χ0v) is 42.4. The molecule has 2 atom stereocenters. The minimum atomic E-state index is -0.881. The van der Waals surface area contributed by atoms with Crippen LogP contribution in [0, 0.1) is 0 Å². The summed E-state index contributed by atoms with van der Waals surface area (Å²) >= 11 is 0. The van der Waals surface area contributed by atoms with Crippen molar-refractivity contribution in [3.8, 4) is 0 Å². The number of rotatable bonds is 46. The number of esters is 2. The number of unbranched alkanes of at least 4 members (excludes halogenated alkanes) is 19. The summed E-state index contributed by atoms with van der Waals surface area (Å²) in [6, 6.07) is -0.624. The summed E-state index contributed by atoms with van der Waals surface area (Å²) in [7, 11) is 5.52. The Bertz CT molecular complexity index is 1330. The summed E-state index contributed by atoms with van der Waals surface area (Å²) in [6.45, 7) is 4.59. The number of carbonyl (C=O) groups excluding carboxylic acids is 2. The molecule has 2 unspecified atom stereocenters. The van der Waals surface area contributed by atoms with E-state index < -0.39 is 18.1 Å². The first-order valence-corrected chi connectivity index (χ1v) is 26.1. The van der Waals surface area contributed by atoms with Crippen molar-refractivity contribution in [2.24, 2.45) is 0 Å². The van der Waals surface area contributed by atoms with E-state index in [0.717, 1.165) is 103 Å². The normalized spacial score (nSPS) is 13.6. The van der Waals surface area contributed by atoms with Gasteiger partial charge in [0.1, 0.15) is 6.61 Å². The Morgan fingerprint density at radius 1 is 0.492 bits per heavy atom. The van der Waals surface area contributed by atoms with Gasteiger partial charge >= 0.3 is 17.9 Å². The summed E-state index contributed by atoms with van der Waals surface area (Å²) in [5, 5.41) is 9.66. The van der Waals surface area contributed by atoms with E-state index in [1.54, 1.807) is 0 Å². The fraction of sp³-hybridized carbons (Fsp3) is 0.702. The highest BCUT2D eigenvalue weighted by molar-refractivity contribution is 5.72. The molecule has 0 aromatic heterocycles. The number of ether oxygens (including phenoxy) is 3. The van der Waals surface area contributed by atoms with Crippen LogP contribution in [0.1, 0.15) is 206 Å². The van der Waals surface area contributed by atoms with Crippen molar-refractivity contribution in [3.63, 3.8) is 0 Å². The molecule has 0 saturated carbocycles. The van der Waals surface area contributed by atoms with Gasteiger partial charge in [0.15, 0.2) is 12.1 Å². The lowest BCUT2D eigenvalue weighted by Crippen LogP contribution is -2.50. The van der Waals surface area contributed by atoms with Crippen LogP contribution in [0.25, 0.3) is 0 Å². The fourth-order valence-corrected chi connectivity index (χ4v) is 7.29. The van der Waals surface area contributed by atoms with Crippen molar-refractivity contribution < 1.29 is 38.2 Å². The number of likely N-dealkylation sites (N-methyl/N-ethyl adjacent to an activating group) is 1. The van der Waals surface area contributed by atoms with Gasteiger partial charge in [-0.25, -0.2) is 4.79 Å². The number of allylic oxidation sites excluding steroid dienone is 14. The third-order valence-corrected chi connectivity index (χ3v) is 11.3. The number of nitrogens with zero attached hydrogens (tertiary/aromatic N) is 1. The van der Waals surface area contributed by atoms with Crippen molar-refractivity contribution >= 4 is 17.9 Å². The molecular weight excluding hydrogens is 811 g/mol. The summed E-state index contributed by atoms with van der Waals surface area (Å²) in [6.07, 6.45) is 62.0. The van der Waals surface area contributed by atoms with Gasteiger partial charge in [0.05, 0.1) is 34.4 Å². The van der Waals surface area contributed by atoms with Crippen LogP contribution < -0.4 is 0 Å². The van der Waals surface area contributed by atoms with E-state index in [2.05, 4.69) is 98.9 Å². The van der Waals surface area contributed by atoms with Crippen LogP contribution in [0.5, 0.6) is 0 Å². The molecule has 8 heteroatoms. The molecule has 0 aromatic rings. The van der Waals surface area contributed by atoms with Gasteiger partial charge in [-0.3, -0.25) is 9.59 Å². The van der Waals surface area contributed by atoms with E-state index in [4.69, 9.17) is 14.2 Å². The molecule has 0 saturated heterocycles. The molecule has 65 heavy (non-hydrogen) atoms. The standard InChI is InChI=1S/C57H97NO7/c1-6-8-10-12-14-16-18-20-22-24-26-27-28-29-30-32-34-36-38-40-42-44-46-48-56(60)65-53(51-63-50-49-54(57(61)62)58(3,4)5)52-64-55(59)47-45-43-41-39-37-35-33-31-25-23-21-19-17-15-13-11-9-7-2/h8,10,14,16,20,22-23,25-27,29-31,33,53-54H,6-7,9,11-13,15,17-19,21,24,28,32,34-52H2,1-5H3/p+1/b10-8+,16-14+,22-20+,25-23+,27-26+,30-29+,33-31+. The van der Waals surface area contributed by atoms with Crippen molar-refractivity contribution in [2.75, 3.05) is 41.0 Å². The molecule has 0 radical (unpaired) electrons. The number of carbonyl (C=O) groups is 3. The lowest BCUT2D eigenvalue weighted by Gasteiger charge is -2.31. The predicted molar refractivity (Wildman–Crippen MR) is 275 cm³/mol. The molecule has 0 rings (SSSR count). The number of carboxylic acid groups (broad SMARTS) is 1. The van der Waals surface area contributed by atoms with Crippen LogP contribution in [-0.4, -0.2) is 80.6 Å². The largest absolute Gasteiger partial charge is 0.477 e. The van der Waals surface area contributed by atoms with E-state index in [9.17, 15) is 19.5 Å². The van der Waals surface area contributed by atoms with Gasteiger partial charge in [-0.1, -0.05) is 189 Å². The second-order valence-corrected chi connectivity index (χ2v) is 18.4. The number of quaternary nitrogens is 1.